The quantitative estimate of drug-likeness (QED) is 0.911. The lowest BCUT2D eigenvalue weighted by molar-refractivity contribution is -0.137. The molecule has 19 heavy (non-hydrogen) atoms. The van der Waals surface area contributed by atoms with Crippen LogP contribution in [0.15, 0.2) is 22.7 Å². The third kappa shape index (κ3) is 3.12. The van der Waals surface area contributed by atoms with Gasteiger partial charge in [-0.2, -0.15) is 0 Å². The Labute approximate surface area is 127 Å². The number of rotatable bonds is 3. The van der Waals surface area contributed by atoms with Crippen molar-refractivity contribution in [2.24, 2.45) is 5.73 Å². The second-order valence-corrected chi connectivity index (χ2v) is 6.22. The van der Waals surface area contributed by atoms with Crippen LogP contribution in [0.3, 0.4) is 0 Å². The first-order valence-electron chi connectivity index (χ1n) is 6.54. The summed E-state index contributed by atoms with van der Waals surface area (Å²) in [5.41, 5.74) is 7.18. The fourth-order valence-corrected chi connectivity index (χ4v) is 3.23. The van der Waals surface area contributed by atoms with Crippen LogP contribution in [0.1, 0.15) is 37.8 Å². The van der Waals surface area contributed by atoms with E-state index in [-0.39, 0.29) is 18.0 Å². The molecule has 1 fully saturated rings. The van der Waals surface area contributed by atoms with E-state index in [2.05, 4.69) is 22.9 Å². The number of carbonyl (C=O) groups is 1. The topological polar surface area (TPSA) is 46.3 Å². The van der Waals surface area contributed by atoms with Crippen molar-refractivity contribution >= 4 is 33.4 Å². The summed E-state index contributed by atoms with van der Waals surface area (Å²) in [7, 11) is 0. The highest BCUT2D eigenvalue weighted by molar-refractivity contribution is 9.10. The third-order valence-corrected chi connectivity index (χ3v) is 4.33. The molecule has 0 bridgehead atoms. The van der Waals surface area contributed by atoms with Gasteiger partial charge in [0, 0.05) is 28.5 Å². The number of likely N-dealkylation sites (tertiary alicyclic amines) is 1. The summed E-state index contributed by atoms with van der Waals surface area (Å²) in [6.45, 7) is 2.78. The van der Waals surface area contributed by atoms with Gasteiger partial charge in [-0.05, 0) is 36.6 Å². The summed E-state index contributed by atoms with van der Waals surface area (Å²) in [4.78, 5) is 14.0. The maximum Gasteiger partial charge on any atom is 0.223 e. The fourth-order valence-electron chi connectivity index (χ4n) is 2.62. The molecule has 2 N–H and O–H groups in total. The van der Waals surface area contributed by atoms with Gasteiger partial charge in [0.05, 0.1) is 6.04 Å². The van der Waals surface area contributed by atoms with Crippen LogP contribution in [0.4, 0.5) is 0 Å². The second-order valence-electron chi connectivity index (χ2n) is 4.90. The Morgan fingerprint density at radius 3 is 2.95 bits per heavy atom. The summed E-state index contributed by atoms with van der Waals surface area (Å²) in [6.07, 6.45) is 2.16. The highest BCUT2D eigenvalue weighted by Crippen LogP contribution is 2.36. The number of carbonyl (C=O) groups excluding carboxylic acids is 1. The van der Waals surface area contributed by atoms with Crippen LogP contribution in [0.2, 0.25) is 5.02 Å². The molecule has 1 saturated heterocycles. The van der Waals surface area contributed by atoms with E-state index < -0.39 is 0 Å². The summed E-state index contributed by atoms with van der Waals surface area (Å²) >= 11 is 9.75. The van der Waals surface area contributed by atoms with Crippen molar-refractivity contribution in [3.05, 3.63) is 33.3 Å². The monoisotopic (exact) mass is 344 g/mol. The molecule has 1 aliphatic heterocycles. The molecule has 1 heterocycles. The Hall–Kier alpha value is -0.580. The minimum absolute atomic E-state index is 0.0592. The van der Waals surface area contributed by atoms with E-state index in [0.29, 0.717) is 17.9 Å². The predicted molar refractivity (Wildman–Crippen MR) is 81.1 cm³/mol. The van der Waals surface area contributed by atoms with Crippen molar-refractivity contribution in [3.63, 3.8) is 0 Å². The summed E-state index contributed by atoms with van der Waals surface area (Å²) in [5, 5.41) is 0.666. The number of nitrogens with two attached hydrogens (primary N) is 1. The molecule has 0 aliphatic carbocycles. The van der Waals surface area contributed by atoms with Crippen LogP contribution in [0.5, 0.6) is 0 Å². The van der Waals surface area contributed by atoms with Gasteiger partial charge < -0.3 is 10.6 Å². The SMILES string of the molecule is CCCN1C(=O)CCC(N)C1c1cc(Br)ccc1Cl. The molecule has 104 valence electrons. The maximum absolute atomic E-state index is 12.1. The zero-order valence-electron chi connectivity index (χ0n) is 10.9. The van der Waals surface area contributed by atoms with E-state index in [4.69, 9.17) is 17.3 Å². The van der Waals surface area contributed by atoms with Crippen molar-refractivity contribution in [3.8, 4) is 0 Å². The van der Waals surface area contributed by atoms with Crippen LogP contribution in [-0.4, -0.2) is 23.4 Å². The molecule has 2 unspecified atom stereocenters. The standard InChI is InChI=1S/C14H18BrClN2O/c1-2-7-18-13(19)6-5-12(17)14(18)10-8-9(15)3-4-11(10)16/h3-4,8,12,14H,2,5-7,17H2,1H3. The van der Waals surface area contributed by atoms with Gasteiger partial charge >= 0.3 is 0 Å². The number of hydrogen-bond donors (Lipinski definition) is 1. The Kier molecular flexibility index (Phi) is 4.87. The molecule has 5 heteroatoms. The number of benzene rings is 1. The average Bonchev–Trinajstić information content (AvgIpc) is 2.38. The van der Waals surface area contributed by atoms with Gasteiger partial charge in [0.15, 0.2) is 0 Å². The van der Waals surface area contributed by atoms with Crippen LogP contribution < -0.4 is 5.73 Å². The molecule has 0 saturated carbocycles. The smallest absolute Gasteiger partial charge is 0.223 e. The number of hydrogen-bond acceptors (Lipinski definition) is 2. The van der Waals surface area contributed by atoms with Crippen molar-refractivity contribution < 1.29 is 4.79 Å². The van der Waals surface area contributed by atoms with Gasteiger partial charge in [-0.3, -0.25) is 4.79 Å². The summed E-state index contributed by atoms with van der Waals surface area (Å²) < 4.78 is 0.952. The first-order chi connectivity index (χ1) is 9.04. The molecular formula is C14H18BrClN2O. The highest BCUT2D eigenvalue weighted by Gasteiger charge is 2.35. The molecule has 3 nitrogen and oxygen atoms in total. The van der Waals surface area contributed by atoms with Crippen molar-refractivity contribution in [2.75, 3.05) is 6.54 Å². The van der Waals surface area contributed by atoms with Crippen LogP contribution in [0.25, 0.3) is 0 Å². The van der Waals surface area contributed by atoms with Crippen LogP contribution in [-0.2, 0) is 4.79 Å². The van der Waals surface area contributed by atoms with Gasteiger partial charge in [-0.25, -0.2) is 0 Å². The second kappa shape index (κ2) is 6.25. The first-order valence-corrected chi connectivity index (χ1v) is 7.71. The van der Waals surface area contributed by atoms with E-state index >= 15 is 0 Å². The largest absolute Gasteiger partial charge is 0.334 e. The lowest BCUT2D eigenvalue weighted by Gasteiger charge is -2.40. The fraction of sp³-hybridized carbons (Fsp3) is 0.500. The third-order valence-electron chi connectivity index (χ3n) is 3.49. The van der Waals surface area contributed by atoms with Gasteiger partial charge in [0.25, 0.3) is 0 Å². The lowest BCUT2D eigenvalue weighted by Crippen LogP contribution is -2.49. The minimum Gasteiger partial charge on any atom is -0.334 e. The van der Waals surface area contributed by atoms with E-state index in [0.717, 1.165) is 23.0 Å². The molecule has 0 spiro atoms. The Morgan fingerprint density at radius 2 is 2.26 bits per heavy atom. The van der Waals surface area contributed by atoms with Gasteiger partial charge in [0.1, 0.15) is 0 Å². The Morgan fingerprint density at radius 1 is 1.53 bits per heavy atom. The molecule has 1 aliphatic rings. The molecule has 1 amide bonds. The van der Waals surface area contributed by atoms with Crippen molar-refractivity contribution in [1.82, 2.24) is 4.90 Å². The van der Waals surface area contributed by atoms with E-state index in [1.165, 1.54) is 0 Å². The zero-order chi connectivity index (χ0) is 14.0. The molecule has 0 aromatic heterocycles. The normalized spacial score (nSPS) is 23.8. The van der Waals surface area contributed by atoms with Gasteiger partial charge in [-0.15, -0.1) is 0 Å². The predicted octanol–water partition coefficient (Wildman–Crippen LogP) is 3.50. The molecule has 0 radical (unpaired) electrons. The first kappa shape index (κ1) is 14.8. The molecule has 1 aromatic rings. The lowest BCUT2D eigenvalue weighted by atomic mass is 9.90. The molecule has 2 rings (SSSR count). The average molecular weight is 346 g/mol. The van der Waals surface area contributed by atoms with Crippen LogP contribution in [0, 0.1) is 0 Å². The van der Waals surface area contributed by atoms with Crippen molar-refractivity contribution in [1.29, 1.82) is 0 Å². The molecular weight excluding hydrogens is 328 g/mol. The number of piperidine rings is 1. The van der Waals surface area contributed by atoms with Gasteiger partial charge in [-0.1, -0.05) is 34.5 Å². The molecule has 1 aromatic carbocycles. The molecule has 2 atom stereocenters. The van der Waals surface area contributed by atoms with E-state index in [9.17, 15) is 4.79 Å². The summed E-state index contributed by atoms with van der Waals surface area (Å²) in [6, 6.07) is 5.53. The zero-order valence-corrected chi connectivity index (χ0v) is 13.2. The number of nitrogens with zero attached hydrogens (tertiary/aromatic N) is 1. The Bertz CT molecular complexity index is 481. The highest BCUT2D eigenvalue weighted by atomic mass is 79.9. The Balaban J connectivity index is 2.41. The minimum atomic E-state index is -0.119. The van der Waals surface area contributed by atoms with Crippen LogP contribution >= 0.6 is 27.5 Å². The van der Waals surface area contributed by atoms with E-state index in [1.807, 2.05) is 23.1 Å². The van der Waals surface area contributed by atoms with Crippen molar-refractivity contribution in [2.45, 2.75) is 38.3 Å². The number of amides is 1. The maximum atomic E-state index is 12.1. The van der Waals surface area contributed by atoms with Gasteiger partial charge in [0.2, 0.25) is 5.91 Å². The summed E-state index contributed by atoms with van der Waals surface area (Å²) in [5.74, 6) is 0.171. The number of halogens is 2. The van der Waals surface area contributed by atoms with E-state index in [1.54, 1.807) is 0 Å².